The molecular weight excluding hydrogens is 515 g/mol. The molecule has 0 radical (unpaired) electrons. The zero-order chi connectivity index (χ0) is 27.3. The van der Waals surface area contributed by atoms with Gasteiger partial charge >= 0.3 is 6.18 Å². The van der Waals surface area contributed by atoms with Crippen LogP contribution in [-0.4, -0.2) is 76.1 Å². The number of anilines is 3. The van der Waals surface area contributed by atoms with Crippen molar-refractivity contribution >= 4 is 23.5 Å². The highest BCUT2D eigenvalue weighted by atomic mass is 19.4. The van der Waals surface area contributed by atoms with Crippen molar-refractivity contribution in [3.8, 4) is 5.82 Å². The van der Waals surface area contributed by atoms with E-state index >= 15 is 0 Å². The topological polar surface area (TPSA) is 134 Å². The molecular formula is C24H24F3N11O. The summed E-state index contributed by atoms with van der Waals surface area (Å²) in [4.78, 5) is 25.0. The van der Waals surface area contributed by atoms with Crippen LogP contribution in [0.5, 0.6) is 0 Å². The maximum atomic E-state index is 13.7. The summed E-state index contributed by atoms with van der Waals surface area (Å²) in [6, 6.07) is 5.35. The van der Waals surface area contributed by atoms with Crippen molar-refractivity contribution in [1.29, 1.82) is 0 Å². The normalized spacial score (nSPS) is 19.0. The summed E-state index contributed by atoms with van der Waals surface area (Å²) in [6.45, 7) is 4.28. The number of aryl methyl sites for hydroxylation is 2. The molecule has 4 aromatic heterocycles. The van der Waals surface area contributed by atoms with Crippen LogP contribution in [0.15, 0.2) is 36.7 Å². The number of nitrogens with one attached hydrogen (secondary N) is 2. The van der Waals surface area contributed by atoms with Crippen LogP contribution in [-0.2, 0) is 6.18 Å². The Hall–Kier alpha value is -4.56. The quantitative estimate of drug-likeness (QED) is 0.393. The fraction of sp³-hybridized carbons (Fsp3) is 0.375. The molecule has 202 valence electrons. The minimum Gasteiger partial charge on any atom is -0.337 e. The molecule has 39 heavy (non-hydrogen) atoms. The molecule has 0 aromatic carbocycles. The van der Waals surface area contributed by atoms with E-state index in [2.05, 4.69) is 40.8 Å². The van der Waals surface area contributed by atoms with Gasteiger partial charge in [0.1, 0.15) is 5.82 Å². The van der Waals surface area contributed by atoms with E-state index in [1.54, 1.807) is 52.0 Å². The molecule has 2 N–H and O–H groups in total. The largest absolute Gasteiger partial charge is 0.433 e. The van der Waals surface area contributed by atoms with Crippen molar-refractivity contribution in [2.45, 2.75) is 44.9 Å². The predicted molar refractivity (Wildman–Crippen MR) is 133 cm³/mol. The van der Waals surface area contributed by atoms with Gasteiger partial charge in [-0.1, -0.05) is 0 Å². The number of hydrogen-bond donors (Lipinski definition) is 2. The third-order valence-electron chi connectivity index (χ3n) is 6.78. The van der Waals surface area contributed by atoms with Crippen molar-refractivity contribution < 1.29 is 18.0 Å². The number of alkyl halides is 3. The third-order valence-corrected chi connectivity index (χ3v) is 6.78. The van der Waals surface area contributed by atoms with Crippen LogP contribution < -0.4 is 10.2 Å². The Kier molecular flexibility index (Phi) is 5.92. The molecule has 0 aliphatic carbocycles. The molecule has 1 amide bonds. The van der Waals surface area contributed by atoms with Gasteiger partial charge in [0.15, 0.2) is 23.0 Å². The second-order valence-electron chi connectivity index (χ2n) is 9.74. The van der Waals surface area contributed by atoms with Crippen LogP contribution in [0, 0.1) is 13.8 Å². The van der Waals surface area contributed by atoms with Gasteiger partial charge < -0.3 is 15.1 Å². The second kappa shape index (κ2) is 9.32. The third kappa shape index (κ3) is 4.86. The summed E-state index contributed by atoms with van der Waals surface area (Å²) in [5, 5.41) is 22.0. The first kappa shape index (κ1) is 24.8. The first-order valence-electron chi connectivity index (χ1n) is 12.3. The fourth-order valence-electron chi connectivity index (χ4n) is 5.03. The molecule has 15 heteroatoms. The SMILES string of the molecule is Cc1cnn(-c2ccc(C(=O)N3C4CCC3CN(c3nc(Nc5cc(C)[nH]n5)cc(C(F)(F)F)n3)C4)nn2)c1. The number of carbonyl (C=O) groups is 1. The van der Waals surface area contributed by atoms with Crippen molar-refractivity contribution in [1.82, 2.24) is 45.0 Å². The molecule has 12 nitrogen and oxygen atoms in total. The molecule has 0 saturated carbocycles. The van der Waals surface area contributed by atoms with Crippen LogP contribution in [0.25, 0.3) is 5.82 Å². The van der Waals surface area contributed by atoms with E-state index in [1.165, 1.54) is 0 Å². The Morgan fingerprint density at radius 1 is 1.05 bits per heavy atom. The number of hydrogen-bond acceptors (Lipinski definition) is 9. The Morgan fingerprint density at radius 2 is 1.82 bits per heavy atom. The lowest BCUT2D eigenvalue weighted by Gasteiger charge is -2.41. The van der Waals surface area contributed by atoms with Crippen molar-refractivity contribution in [3.63, 3.8) is 0 Å². The molecule has 4 aromatic rings. The van der Waals surface area contributed by atoms with Gasteiger partial charge in [-0.15, -0.1) is 10.2 Å². The first-order chi connectivity index (χ1) is 18.6. The molecule has 2 aliphatic rings. The van der Waals surface area contributed by atoms with Crippen LogP contribution in [0.1, 0.15) is 40.3 Å². The zero-order valence-electron chi connectivity index (χ0n) is 21.0. The Balaban J connectivity index is 1.22. The number of nitrogens with zero attached hydrogens (tertiary/aromatic N) is 9. The summed E-state index contributed by atoms with van der Waals surface area (Å²) < 4.78 is 42.6. The number of halogens is 3. The number of amides is 1. The highest BCUT2D eigenvalue weighted by molar-refractivity contribution is 5.93. The van der Waals surface area contributed by atoms with E-state index in [0.29, 0.717) is 37.6 Å². The average molecular weight is 540 g/mol. The van der Waals surface area contributed by atoms with Gasteiger partial charge in [-0.25, -0.2) is 9.67 Å². The van der Waals surface area contributed by atoms with E-state index in [4.69, 9.17) is 0 Å². The van der Waals surface area contributed by atoms with E-state index in [-0.39, 0.29) is 35.5 Å². The minimum absolute atomic E-state index is 0.0209. The van der Waals surface area contributed by atoms with E-state index in [0.717, 1.165) is 17.3 Å². The maximum absolute atomic E-state index is 13.7. The monoisotopic (exact) mass is 539 g/mol. The summed E-state index contributed by atoms with van der Waals surface area (Å²) in [6.07, 6.45) is 0.260. The van der Waals surface area contributed by atoms with Gasteiger partial charge in [0, 0.05) is 37.1 Å². The highest BCUT2D eigenvalue weighted by Gasteiger charge is 2.44. The van der Waals surface area contributed by atoms with Gasteiger partial charge in [-0.05, 0) is 44.4 Å². The lowest BCUT2D eigenvalue weighted by atomic mass is 10.1. The lowest BCUT2D eigenvalue weighted by Crippen LogP contribution is -2.56. The molecule has 2 saturated heterocycles. The summed E-state index contributed by atoms with van der Waals surface area (Å²) in [5.41, 5.74) is 0.853. The maximum Gasteiger partial charge on any atom is 0.433 e. The van der Waals surface area contributed by atoms with Gasteiger partial charge in [-0.2, -0.15) is 28.4 Å². The number of piperazine rings is 1. The molecule has 2 unspecified atom stereocenters. The Labute approximate surface area is 220 Å². The van der Waals surface area contributed by atoms with Gasteiger partial charge in [0.25, 0.3) is 5.91 Å². The lowest BCUT2D eigenvalue weighted by molar-refractivity contribution is -0.141. The van der Waals surface area contributed by atoms with Gasteiger partial charge in [0.05, 0.1) is 18.3 Å². The number of H-pyrrole nitrogens is 1. The van der Waals surface area contributed by atoms with Crippen LogP contribution in [0.4, 0.5) is 30.8 Å². The highest BCUT2D eigenvalue weighted by Crippen LogP contribution is 2.35. The zero-order valence-corrected chi connectivity index (χ0v) is 21.0. The summed E-state index contributed by atoms with van der Waals surface area (Å²) >= 11 is 0. The molecule has 2 atom stereocenters. The molecule has 0 spiro atoms. The van der Waals surface area contributed by atoms with E-state index < -0.39 is 11.9 Å². The summed E-state index contributed by atoms with van der Waals surface area (Å²) in [7, 11) is 0. The van der Waals surface area contributed by atoms with Crippen molar-refractivity contribution in [2.75, 3.05) is 23.3 Å². The van der Waals surface area contributed by atoms with E-state index in [9.17, 15) is 18.0 Å². The smallest absolute Gasteiger partial charge is 0.337 e. The van der Waals surface area contributed by atoms with Crippen LogP contribution in [0.2, 0.25) is 0 Å². The minimum atomic E-state index is -4.66. The molecule has 2 fully saturated rings. The number of aromatic nitrogens is 8. The van der Waals surface area contributed by atoms with E-state index in [1.807, 2.05) is 6.92 Å². The second-order valence-corrected chi connectivity index (χ2v) is 9.74. The van der Waals surface area contributed by atoms with Crippen molar-refractivity contribution in [3.05, 3.63) is 59.3 Å². The number of aromatic amines is 1. The standard InChI is InChI=1S/C24H24F3N11O/c1-13-9-28-37(10-13)21-6-5-17(33-35-21)22(39)38-15-3-4-16(38)12-36(11-15)23-29-18(24(25,26)27)8-19(31-23)30-20-7-14(2)32-34-20/h5-10,15-16H,3-4,11-12H2,1-2H3,(H2,29,30,31,32,34). The Morgan fingerprint density at radius 3 is 2.41 bits per heavy atom. The average Bonchev–Trinajstić information content (AvgIpc) is 3.59. The van der Waals surface area contributed by atoms with Gasteiger partial charge in [-0.3, -0.25) is 9.89 Å². The predicted octanol–water partition coefficient (Wildman–Crippen LogP) is 3.05. The molecule has 6 heterocycles. The summed E-state index contributed by atoms with van der Waals surface area (Å²) in [5.74, 6) is 0.493. The molecule has 2 aliphatic heterocycles. The number of carbonyl (C=O) groups excluding carboxylic acids is 1. The number of rotatable bonds is 5. The number of fused-ring (bicyclic) bond motifs is 2. The fourth-order valence-corrected chi connectivity index (χ4v) is 5.03. The van der Waals surface area contributed by atoms with Crippen LogP contribution >= 0.6 is 0 Å². The molecule has 2 bridgehead atoms. The van der Waals surface area contributed by atoms with Crippen LogP contribution in [0.3, 0.4) is 0 Å². The first-order valence-corrected chi connectivity index (χ1v) is 12.3. The van der Waals surface area contributed by atoms with Crippen molar-refractivity contribution in [2.24, 2.45) is 0 Å². The van der Waals surface area contributed by atoms with Gasteiger partial charge in [0.2, 0.25) is 5.95 Å². The molecule has 6 rings (SSSR count). The Bertz CT molecular complexity index is 1500.